The van der Waals surface area contributed by atoms with Crippen molar-refractivity contribution in [3.63, 3.8) is 0 Å². The average Bonchev–Trinajstić information content (AvgIpc) is 1.87. The smallest absolute Gasteiger partial charge is 0.161 e. The van der Waals surface area contributed by atoms with E-state index in [1.54, 1.807) is 0 Å². The van der Waals surface area contributed by atoms with Gasteiger partial charge in [-0.1, -0.05) is 0 Å². The third-order valence-corrected chi connectivity index (χ3v) is 0.770. The Morgan fingerprint density at radius 3 is 2.56 bits per heavy atom. The van der Waals surface area contributed by atoms with E-state index in [9.17, 15) is 9.59 Å². The van der Waals surface area contributed by atoms with Crippen molar-refractivity contribution in [1.29, 1.82) is 0 Å². The molecule has 2 N–H and O–H groups in total. The first-order valence-corrected chi connectivity index (χ1v) is 2.46. The Labute approximate surface area is 52.1 Å². The predicted molar refractivity (Wildman–Crippen MR) is 28.8 cm³/mol. The van der Waals surface area contributed by atoms with Crippen molar-refractivity contribution in [2.45, 2.75) is 12.5 Å². The lowest BCUT2D eigenvalue weighted by atomic mass is 10.2. The Kier molecular flexibility index (Phi) is 3.83. The minimum Gasteiger partial charge on any atom is -0.389 e. The van der Waals surface area contributed by atoms with E-state index in [1.165, 1.54) is 0 Å². The molecule has 0 spiro atoms. The lowest BCUT2D eigenvalue weighted by Crippen LogP contribution is -2.16. The van der Waals surface area contributed by atoms with Crippen LogP contribution in [0.3, 0.4) is 0 Å². The fourth-order valence-electron chi connectivity index (χ4n) is 0.346. The highest BCUT2D eigenvalue weighted by molar-refractivity contribution is 5.82. The molecular formula is C5H8O4. The fraction of sp³-hybridized carbons (Fsp3) is 0.600. The molecule has 0 aromatic rings. The van der Waals surface area contributed by atoms with Crippen molar-refractivity contribution in [2.24, 2.45) is 0 Å². The van der Waals surface area contributed by atoms with Crippen LogP contribution in [-0.2, 0) is 9.59 Å². The Morgan fingerprint density at radius 1 is 1.67 bits per heavy atom. The summed E-state index contributed by atoms with van der Waals surface area (Å²) in [4.78, 5) is 19.9. The predicted octanol–water partition coefficient (Wildman–Crippen LogP) is -1.50. The number of carbonyl (C=O) groups excluding carboxylic acids is 2. The molecule has 0 aromatic carbocycles. The molecule has 9 heavy (non-hydrogen) atoms. The molecule has 1 atom stereocenters. The second kappa shape index (κ2) is 4.17. The van der Waals surface area contributed by atoms with E-state index in [0.717, 1.165) is 0 Å². The normalized spacial score (nSPS) is 12.7. The molecule has 0 aliphatic heterocycles. The maximum absolute atomic E-state index is 10.2. The summed E-state index contributed by atoms with van der Waals surface area (Å²) in [6.07, 6.45) is -1.29. The summed E-state index contributed by atoms with van der Waals surface area (Å²) < 4.78 is 0. The Balaban J connectivity index is 3.46. The van der Waals surface area contributed by atoms with Gasteiger partial charge in [0.15, 0.2) is 5.78 Å². The van der Waals surface area contributed by atoms with Crippen LogP contribution in [0, 0.1) is 0 Å². The molecule has 0 aliphatic carbocycles. The number of aliphatic hydroxyl groups excluding tert-OH is 2. The molecule has 0 fully saturated rings. The number of Topliss-reactive ketones (excluding diaryl/α,β-unsaturated/α-hetero) is 1. The second-order valence-corrected chi connectivity index (χ2v) is 1.60. The molecule has 0 bridgehead atoms. The van der Waals surface area contributed by atoms with Crippen LogP contribution >= 0.6 is 0 Å². The summed E-state index contributed by atoms with van der Waals surface area (Å²) in [5.41, 5.74) is 0. The zero-order valence-corrected chi connectivity index (χ0v) is 4.78. The Hall–Kier alpha value is -0.740. The van der Waals surface area contributed by atoms with Crippen LogP contribution in [0.4, 0.5) is 0 Å². The van der Waals surface area contributed by atoms with Gasteiger partial charge in [-0.15, -0.1) is 0 Å². The standard InChI is InChI=1S/C5H8O4/c6-2-4(8)1-5(9)3-7/h2,4,7-8H,1,3H2. The Bertz CT molecular complexity index is 110. The van der Waals surface area contributed by atoms with Gasteiger partial charge in [-0.2, -0.15) is 0 Å². The van der Waals surface area contributed by atoms with Crippen LogP contribution in [0.25, 0.3) is 0 Å². The molecule has 4 nitrogen and oxygen atoms in total. The van der Waals surface area contributed by atoms with Crippen molar-refractivity contribution >= 4 is 12.1 Å². The minimum atomic E-state index is -1.26. The van der Waals surface area contributed by atoms with Crippen LogP contribution in [0.5, 0.6) is 0 Å². The summed E-state index contributed by atoms with van der Waals surface area (Å²) in [7, 11) is 0. The molecule has 0 amide bonds. The van der Waals surface area contributed by atoms with E-state index >= 15 is 0 Å². The highest BCUT2D eigenvalue weighted by Gasteiger charge is 2.06. The van der Waals surface area contributed by atoms with E-state index in [-0.39, 0.29) is 12.7 Å². The van der Waals surface area contributed by atoms with Crippen molar-refractivity contribution in [3.05, 3.63) is 0 Å². The number of rotatable bonds is 4. The molecule has 0 rings (SSSR count). The lowest BCUT2D eigenvalue weighted by molar-refractivity contribution is -0.127. The molecule has 1 unspecified atom stereocenters. The van der Waals surface area contributed by atoms with Gasteiger partial charge in [-0.05, 0) is 0 Å². The van der Waals surface area contributed by atoms with Gasteiger partial charge in [0.05, 0.1) is 0 Å². The molecule has 0 radical (unpaired) electrons. The average molecular weight is 132 g/mol. The Morgan fingerprint density at radius 2 is 2.22 bits per heavy atom. The number of ketones is 1. The zero-order chi connectivity index (χ0) is 7.28. The molecular weight excluding hydrogens is 124 g/mol. The van der Waals surface area contributed by atoms with E-state index in [0.29, 0.717) is 0 Å². The first kappa shape index (κ1) is 8.26. The zero-order valence-electron chi connectivity index (χ0n) is 4.78. The van der Waals surface area contributed by atoms with Crippen LogP contribution in [0.1, 0.15) is 6.42 Å². The number of carbonyl (C=O) groups is 2. The van der Waals surface area contributed by atoms with Crippen molar-refractivity contribution in [3.8, 4) is 0 Å². The molecule has 0 aliphatic rings. The van der Waals surface area contributed by atoms with Gasteiger partial charge in [-0.3, -0.25) is 4.79 Å². The summed E-state index contributed by atoms with van der Waals surface area (Å²) in [5.74, 6) is -0.533. The number of hydrogen-bond donors (Lipinski definition) is 2. The van der Waals surface area contributed by atoms with Crippen LogP contribution in [0.2, 0.25) is 0 Å². The van der Waals surface area contributed by atoms with E-state index in [1.807, 2.05) is 0 Å². The summed E-state index contributed by atoms with van der Waals surface area (Å²) >= 11 is 0. The molecule has 52 valence electrons. The van der Waals surface area contributed by atoms with Crippen molar-refractivity contribution in [2.75, 3.05) is 6.61 Å². The van der Waals surface area contributed by atoms with Crippen LogP contribution in [-0.4, -0.2) is 35.0 Å². The van der Waals surface area contributed by atoms with Gasteiger partial charge < -0.3 is 15.0 Å². The quantitative estimate of drug-likeness (QED) is 0.456. The fourth-order valence-corrected chi connectivity index (χ4v) is 0.346. The molecule has 4 heteroatoms. The van der Waals surface area contributed by atoms with Gasteiger partial charge in [0.2, 0.25) is 0 Å². The molecule has 0 heterocycles. The largest absolute Gasteiger partial charge is 0.389 e. The highest BCUT2D eigenvalue weighted by atomic mass is 16.3. The van der Waals surface area contributed by atoms with E-state index in [2.05, 4.69) is 0 Å². The lowest BCUT2D eigenvalue weighted by Gasteiger charge is -1.96. The number of aldehydes is 1. The van der Waals surface area contributed by atoms with E-state index in [4.69, 9.17) is 10.2 Å². The van der Waals surface area contributed by atoms with Crippen LogP contribution < -0.4 is 0 Å². The van der Waals surface area contributed by atoms with Gasteiger partial charge in [0, 0.05) is 6.42 Å². The minimum absolute atomic E-state index is 0.258. The first-order valence-electron chi connectivity index (χ1n) is 2.46. The van der Waals surface area contributed by atoms with Gasteiger partial charge in [-0.25, -0.2) is 0 Å². The topological polar surface area (TPSA) is 74.6 Å². The number of aliphatic hydroxyl groups is 2. The van der Waals surface area contributed by atoms with Crippen molar-refractivity contribution in [1.82, 2.24) is 0 Å². The van der Waals surface area contributed by atoms with Crippen LogP contribution in [0.15, 0.2) is 0 Å². The maximum Gasteiger partial charge on any atom is 0.161 e. The van der Waals surface area contributed by atoms with Crippen molar-refractivity contribution < 1.29 is 19.8 Å². The van der Waals surface area contributed by atoms with Gasteiger partial charge in [0.25, 0.3) is 0 Å². The highest BCUT2D eigenvalue weighted by Crippen LogP contribution is 1.87. The monoisotopic (exact) mass is 132 g/mol. The second-order valence-electron chi connectivity index (χ2n) is 1.60. The molecule has 0 saturated carbocycles. The van der Waals surface area contributed by atoms with Gasteiger partial charge in [0.1, 0.15) is 19.0 Å². The number of hydrogen-bond acceptors (Lipinski definition) is 4. The molecule has 0 aromatic heterocycles. The SMILES string of the molecule is O=CC(O)CC(=O)CO. The van der Waals surface area contributed by atoms with E-state index < -0.39 is 18.5 Å². The maximum atomic E-state index is 10.2. The summed E-state index contributed by atoms with van der Waals surface area (Å²) in [6.45, 7) is -0.620. The molecule has 0 saturated heterocycles. The third-order valence-electron chi connectivity index (χ3n) is 0.770. The first-order chi connectivity index (χ1) is 4.20. The summed E-state index contributed by atoms with van der Waals surface area (Å²) in [6, 6.07) is 0. The summed E-state index contributed by atoms with van der Waals surface area (Å²) in [5, 5.41) is 16.6. The van der Waals surface area contributed by atoms with Gasteiger partial charge >= 0.3 is 0 Å². The third kappa shape index (κ3) is 3.81.